The van der Waals surface area contributed by atoms with Gasteiger partial charge in [0.05, 0.1) is 11.0 Å². The van der Waals surface area contributed by atoms with Crippen molar-refractivity contribution >= 4 is 31.9 Å². The van der Waals surface area contributed by atoms with Gasteiger partial charge in [-0.25, -0.2) is 13.4 Å². The molecule has 2 atom stereocenters. The quantitative estimate of drug-likeness (QED) is 0.152. The van der Waals surface area contributed by atoms with E-state index in [1.165, 1.54) is 28.4 Å². The molecular formula is C25H24N2O4S. The molecule has 6 nitrogen and oxygen atoms in total. The highest BCUT2D eigenvalue weighted by atomic mass is 32.2. The molecule has 0 amide bonds. The Labute approximate surface area is 187 Å². The van der Waals surface area contributed by atoms with E-state index in [1.807, 2.05) is 25.3 Å². The van der Waals surface area contributed by atoms with Gasteiger partial charge in [-0.05, 0) is 37.3 Å². The standard InChI is InChI=1S/C18H17N2O.C7H8O3S/c1-2-15-16(21-15)9-12-20-11-4-6-14-8-7-13-5-3-10-19-17(13)18(14)20;1-6-2-4-7(5-3-6)11(8,9)10/h2-8,10-11,15-16H,1,9,12H2;2-5H,1H3,(H,8,9,10)/q+1;/p-1/t15-,16-;/m0./s1. The number of hydrogen-bond acceptors (Lipinski definition) is 5. The van der Waals surface area contributed by atoms with E-state index in [-0.39, 0.29) is 11.0 Å². The molecule has 164 valence electrons. The topological polar surface area (TPSA) is 86.5 Å². The lowest BCUT2D eigenvalue weighted by Gasteiger charge is -2.05. The minimum absolute atomic E-state index is 0.178. The number of fused-ring (bicyclic) bond motifs is 3. The van der Waals surface area contributed by atoms with E-state index in [0.717, 1.165) is 24.0 Å². The van der Waals surface area contributed by atoms with Gasteiger partial charge in [0, 0.05) is 29.5 Å². The number of rotatable bonds is 5. The molecule has 2 aromatic carbocycles. The Hall–Kier alpha value is -3.13. The predicted octanol–water partition coefficient (Wildman–Crippen LogP) is 3.92. The zero-order valence-corrected chi connectivity index (χ0v) is 18.5. The summed E-state index contributed by atoms with van der Waals surface area (Å²) >= 11 is 0. The first-order chi connectivity index (χ1) is 15.4. The molecule has 1 aliphatic rings. The van der Waals surface area contributed by atoms with E-state index < -0.39 is 10.1 Å². The number of aryl methyl sites for hydroxylation is 2. The van der Waals surface area contributed by atoms with E-state index in [2.05, 4.69) is 52.7 Å². The van der Waals surface area contributed by atoms with Crippen molar-refractivity contribution in [1.29, 1.82) is 0 Å². The molecule has 2 aromatic heterocycles. The molecule has 0 radical (unpaired) electrons. The molecule has 5 rings (SSSR count). The maximum Gasteiger partial charge on any atom is 0.239 e. The average molecular weight is 449 g/mol. The molecule has 0 unspecified atom stereocenters. The number of nitrogens with zero attached hydrogens (tertiary/aromatic N) is 2. The largest absolute Gasteiger partial charge is 0.744 e. The first-order valence-electron chi connectivity index (χ1n) is 10.3. The second-order valence-corrected chi connectivity index (χ2v) is 9.09. The second kappa shape index (κ2) is 9.16. The Morgan fingerprint density at radius 3 is 2.50 bits per heavy atom. The van der Waals surface area contributed by atoms with Gasteiger partial charge in [0.1, 0.15) is 21.7 Å². The molecule has 0 aliphatic carbocycles. The lowest BCUT2D eigenvalue weighted by molar-refractivity contribution is -0.671. The summed E-state index contributed by atoms with van der Waals surface area (Å²) in [5, 5.41) is 2.40. The summed E-state index contributed by atoms with van der Waals surface area (Å²) in [5.41, 5.74) is 3.19. The van der Waals surface area contributed by atoms with E-state index in [0.29, 0.717) is 6.10 Å². The molecule has 0 bridgehead atoms. The summed E-state index contributed by atoms with van der Waals surface area (Å²) in [6.07, 6.45) is 7.45. The van der Waals surface area contributed by atoms with Crippen LogP contribution in [0.5, 0.6) is 0 Å². The fraction of sp³-hybridized carbons (Fsp3) is 0.200. The van der Waals surface area contributed by atoms with Crippen LogP contribution in [0.1, 0.15) is 12.0 Å². The zero-order chi connectivity index (χ0) is 22.7. The van der Waals surface area contributed by atoms with E-state index in [1.54, 1.807) is 12.1 Å². The van der Waals surface area contributed by atoms with E-state index >= 15 is 0 Å². The third kappa shape index (κ3) is 5.02. The van der Waals surface area contributed by atoms with Crippen LogP contribution < -0.4 is 4.57 Å². The highest BCUT2D eigenvalue weighted by molar-refractivity contribution is 7.85. The monoisotopic (exact) mass is 448 g/mol. The molecule has 1 saturated heterocycles. The Morgan fingerprint density at radius 2 is 1.81 bits per heavy atom. The Morgan fingerprint density at radius 1 is 1.09 bits per heavy atom. The first-order valence-corrected chi connectivity index (χ1v) is 11.7. The number of aromatic nitrogens is 2. The molecule has 3 heterocycles. The van der Waals surface area contributed by atoms with Crippen molar-refractivity contribution in [2.24, 2.45) is 0 Å². The molecule has 0 spiro atoms. The van der Waals surface area contributed by atoms with Crippen LogP contribution in [-0.4, -0.2) is 30.2 Å². The van der Waals surface area contributed by atoms with Gasteiger partial charge in [-0.3, -0.25) is 0 Å². The van der Waals surface area contributed by atoms with Crippen molar-refractivity contribution in [2.45, 2.75) is 37.0 Å². The van der Waals surface area contributed by atoms with Crippen molar-refractivity contribution in [3.05, 3.63) is 91.3 Å². The second-order valence-electron chi connectivity index (χ2n) is 7.71. The van der Waals surface area contributed by atoms with Gasteiger partial charge in [0.15, 0.2) is 12.7 Å². The average Bonchev–Trinajstić information content (AvgIpc) is 3.56. The van der Waals surface area contributed by atoms with Crippen LogP contribution in [0.2, 0.25) is 0 Å². The zero-order valence-electron chi connectivity index (χ0n) is 17.7. The van der Waals surface area contributed by atoms with Crippen LogP contribution in [-0.2, 0) is 21.4 Å². The highest BCUT2D eigenvalue weighted by Gasteiger charge is 2.36. The normalized spacial score (nSPS) is 17.6. The van der Waals surface area contributed by atoms with Crippen LogP contribution in [0.25, 0.3) is 21.8 Å². The number of epoxide rings is 1. The van der Waals surface area contributed by atoms with Gasteiger partial charge >= 0.3 is 0 Å². The molecule has 1 fully saturated rings. The summed E-state index contributed by atoms with van der Waals surface area (Å²) in [6.45, 7) is 6.53. The van der Waals surface area contributed by atoms with Crippen molar-refractivity contribution in [1.82, 2.24) is 4.98 Å². The van der Waals surface area contributed by atoms with Crippen LogP contribution in [0.15, 0.2) is 90.6 Å². The van der Waals surface area contributed by atoms with Gasteiger partial charge in [-0.2, -0.15) is 4.57 Å². The minimum Gasteiger partial charge on any atom is -0.744 e. The molecule has 0 N–H and O–H groups in total. The maximum absolute atomic E-state index is 10.4. The number of pyridine rings is 2. The number of benzene rings is 2. The first kappa shape index (κ1) is 22.1. The van der Waals surface area contributed by atoms with Crippen LogP contribution in [0.3, 0.4) is 0 Å². The third-order valence-corrected chi connectivity index (χ3v) is 6.28. The fourth-order valence-electron chi connectivity index (χ4n) is 3.66. The molecule has 7 heteroatoms. The van der Waals surface area contributed by atoms with Crippen LogP contribution >= 0.6 is 0 Å². The summed E-state index contributed by atoms with van der Waals surface area (Å²) in [7, 11) is -4.27. The van der Waals surface area contributed by atoms with Gasteiger partial charge in [0.25, 0.3) is 0 Å². The summed E-state index contributed by atoms with van der Waals surface area (Å²) < 4.78 is 39.0. The smallest absolute Gasteiger partial charge is 0.239 e. The summed E-state index contributed by atoms with van der Waals surface area (Å²) in [5.74, 6) is 0. The highest BCUT2D eigenvalue weighted by Crippen LogP contribution is 2.26. The molecule has 32 heavy (non-hydrogen) atoms. The van der Waals surface area contributed by atoms with E-state index in [9.17, 15) is 13.0 Å². The Balaban J connectivity index is 0.000000189. The van der Waals surface area contributed by atoms with Crippen molar-refractivity contribution in [3.63, 3.8) is 0 Å². The van der Waals surface area contributed by atoms with Gasteiger partial charge in [0.2, 0.25) is 5.52 Å². The van der Waals surface area contributed by atoms with Gasteiger partial charge in [-0.1, -0.05) is 35.9 Å². The van der Waals surface area contributed by atoms with Crippen LogP contribution in [0, 0.1) is 6.92 Å². The lowest BCUT2D eigenvalue weighted by Crippen LogP contribution is -2.35. The van der Waals surface area contributed by atoms with Crippen molar-refractivity contribution < 1.29 is 22.3 Å². The predicted molar refractivity (Wildman–Crippen MR) is 122 cm³/mol. The number of hydrogen-bond donors (Lipinski definition) is 0. The van der Waals surface area contributed by atoms with Gasteiger partial charge < -0.3 is 9.29 Å². The minimum atomic E-state index is -4.27. The lowest BCUT2D eigenvalue weighted by atomic mass is 10.1. The van der Waals surface area contributed by atoms with Crippen molar-refractivity contribution in [3.8, 4) is 0 Å². The molecule has 0 saturated carbocycles. The van der Waals surface area contributed by atoms with E-state index in [4.69, 9.17) is 4.74 Å². The van der Waals surface area contributed by atoms with Crippen molar-refractivity contribution in [2.75, 3.05) is 0 Å². The van der Waals surface area contributed by atoms with Crippen LogP contribution in [0.4, 0.5) is 0 Å². The Kier molecular flexibility index (Phi) is 6.32. The van der Waals surface area contributed by atoms with Gasteiger partial charge in [-0.15, -0.1) is 6.58 Å². The SMILES string of the molecule is C=C[C@@H]1O[C@H]1CC[n+]1cccc2ccc3cccnc3c21.Cc1ccc(S(=O)(=O)[O-])cc1. The Bertz CT molecular complexity index is 1370. The third-order valence-electron chi connectivity index (χ3n) is 5.43. The number of ether oxygens (including phenoxy) is 1. The molecule has 4 aromatic rings. The maximum atomic E-state index is 10.4. The fourth-order valence-corrected chi connectivity index (χ4v) is 4.13. The summed E-state index contributed by atoms with van der Waals surface area (Å²) in [6, 6.07) is 18.4. The molecular weight excluding hydrogens is 424 g/mol. The summed E-state index contributed by atoms with van der Waals surface area (Å²) in [4.78, 5) is 4.40. The molecule has 1 aliphatic heterocycles.